The number of carbonyl (C=O) groups is 2. The Morgan fingerprint density at radius 3 is 2.46 bits per heavy atom. The van der Waals surface area contributed by atoms with Crippen molar-refractivity contribution < 1.29 is 9.59 Å². The molecule has 0 spiro atoms. The van der Waals surface area contributed by atoms with E-state index in [1.54, 1.807) is 6.92 Å². The quantitative estimate of drug-likeness (QED) is 0.792. The number of hydrogen-bond donors (Lipinski definition) is 1. The second kappa shape index (κ2) is 6.77. The van der Waals surface area contributed by atoms with E-state index in [0.717, 1.165) is 22.0 Å². The minimum Gasteiger partial charge on any atom is -0.323 e. The molecule has 2 aromatic carbocycles. The first kappa shape index (κ1) is 16.7. The van der Waals surface area contributed by atoms with Crippen molar-refractivity contribution in [3.63, 3.8) is 0 Å². The molecule has 0 bridgehead atoms. The van der Waals surface area contributed by atoms with Crippen LogP contribution in [-0.4, -0.2) is 22.4 Å². The molecule has 2 aromatic rings. The summed E-state index contributed by atoms with van der Waals surface area (Å²) in [4.78, 5) is 26.4. The van der Waals surface area contributed by atoms with Crippen molar-refractivity contribution in [3.05, 3.63) is 70.2 Å². The SMILES string of the molecule is C[C@]1(CCc2ccccc2)NC(=O)N(Cc2cccc(Br)c2)C1=O. The largest absolute Gasteiger partial charge is 0.325 e. The van der Waals surface area contributed by atoms with Gasteiger partial charge in [-0.1, -0.05) is 58.4 Å². The maximum Gasteiger partial charge on any atom is 0.325 e. The molecule has 0 aromatic heterocycles. The molecule has 124 valence electrons. The molecule has 3 rings (SSSR count). The summed E-state index contributed by atoms with van der Waals surface area (Å²) in [6.45, 7) is 2.09. The first-order valence-electron chi connectivity index (χ1n) is 7.90. The molecule has 24 heavy (non-hydrogen) atoms. The van der Waals surface area contributed by atoms with Gasteiger partial charge < -0.3 is 5.32 Å². The van der Waals surface area contributed by atoms with E-state index in [1.165, 1.54) is 4.90 Å². The Balaban J connectivity index is 1.70. The average Bonchev–Trinajstić information content (AvgIpc) is 2.78. The standard InChI is InChI=1S/C19H19BrN2O2/c1-19(11-10-14-6-3-2-4-7-14)17(23)22(18(24)21-19)13-15-8-5-9-16(20)12-15/h2-9,12H,10-11,13H2,1H3,(H,21,24)/t19-/m1/s1. The van der Waals surface area contributed by atoms with Gasteiger partial charge in [-0.15, -0.1) is 0 Å². The average molecular weight is 387 g/mol. The van der Waals surface area contributed by atoms with Crippen LogP contribution in [0.5, 0.6) is 0 Å². The summed E-state index contributed by atoms with van der Waals surface area (Å²) in [5.74, 6) is -0.164. The number of hydrogen-bond acceptors (Lipinski definition) is 2. The van der Waals surface area contributed by atoms with Crippen LogP contribution in [-0.2, 0) is 17.8 Å². The smallest absolute Gasteiger partial charge is 0.323 e. The minimum absolute atomic E-state index is 0.164. The molecule has 0 saturated carbocycles. The molecular weight excluding hydrogens is 368 g/mol. The van der Waals surface area contributed by atoms with Gasteiger partial charge in [0.1, 0.15) is 5.54 Å². The molecule has 1 fully saturated rings. The van der Waals surface area contributed by atoms with Crippen molar-refractivity contribution in [3.8, 4) is 0 Å². The zero-order valence-corrected chi connectivity index (χ0v) is 15.0. The van der Waals surface area contributed by atoms with Crippen LogP contribution in [0, 0.1) is 0 Å². The molecule has 0 unspecified atom stereocenters. The van der Waals surface area contributed by atoms with Gasteiger partial charge in [0.05, 0.1) is 6.54 Å². The van der Waals surface area contributed by atoms with Crippen LogP contribution in [0.4, 0.5) is 4.79 Å². The fourth-order valence-corrected chi connectivity index (χ4v) is 3.36. The van der Waals surface area contributed by atoms with Crippen molar-refractivity contribution in [2.24, 2.45) is 0 Å². The lowest BCUT2D eigenvalue weighted by atomic mass is 9.93. The van der Waals surface area contributed by atoms with Gasteiger partial charge in [-0.2, -0.15) is 0 Å². The summed E-state index contributed by atoms with van der Waals surface area (Å²) in [6, 6.07) is 17.3. The number of aryl methyl sites for hydroxylation is 1. The molecule has 4 nitrogen and oxygen atoms in total. The highest BCUT2D eigenvalue weighted by molar-refractivity contribution is 9.10. The molecule has 3 amide bonds. The Kier molecular flexibility index (Phi) is 4.71. The van der Waals surface area contributed by atoms with Crippen LogP contribution in [0.3, 0.4) is 0 Å². The summed E-state index contributed by atoms with van der Waals surface area (Å²) in [6.07, 6.45) is 1.32. The van der Waals surface area contributed by atoms with E-state index in [4.69, 9.17) is 0 Å². The summed E-state index contributed by atoms with van der Waals surface area (Å²) in [5.41, 5.74) is 1.23. The van der Waals surface area contributed by atoms with Crippen molar-refractivity contribution in [1.82, 2.24) is 10.2 Å². The summed E-state index contributed by atoms with van der Waals surface area (Å²) in [7, 11) is 0. The number of benzene rings is 2. The van der Waals surface area contributed by atoms with Crippen molar-refractivity contribution in [2.45, 2.75) is 31.8 Å². The van der Waals surface area contributed by atoms with E-state index < -0.39 is 5.54 Å². The topological polar surface area (TPSA) is 49.4 Å². The first-order chi connectivity index (χ1) is 11.5. The molecule has 1 saturated heterocycles. The molecule has 0 aliphatic carbocycles. The molecule has 1 aliphatic rings. The van der Waals surface area contributed by atoms with E-state index in [1.807, 2.05) is 54.6 Å². The Bertz CT molecular complexity index is 763. The Labute approximate surface area is 150 Å². The van der Waals surface area contributed by atoms with Crippen LogP contribution >= 0.6 is 15.9 Å². The highest BCUT2D eigenvalue weighted by atomic mass is 79.9. The summed E-state index contributed by atoms with van der Waals surface area (Å²) >= 11 is 3.41. The van der Waals surface area contributed by atoms with Crippen LogP contribution in [0.1, 0.15) is 24.5 Å². The maximum absolute atomic E-state index is 12.8. The van der Waals surface area contributed by atoms with Crippen LogP contribution in [0.15, 0.2) is 59.1 Å². The molecular formula is C19H19BrN2O2. The van der Waals surface area contributed by atoms with Gasteiger partial charge in [-0.05, 0) is 43.0 Å². The van der Waals surface area contributed by atoms with E-state index in [9.17, 15) is 9.59 Å². The first-order valence-corrected chi connectivity index (χ1v) is 8.70. The minimum atomic E-state index is -0.848. The van der Waals surface area contributed by atoms with Gasteiger partial charge in [0.15, 0.2) is 0 Å². The molecule has 1 atom stereocenters. The molecule has 1 aliphatic heterocycles. The summed E-state index contributed by atoms with van der Waals surface area (Å²) in [5, 5.41) is 2.86. The highest BCUT2D eigenvalue weighted by Crippen LogP contribution is 2.25. The fourth-order valence-electron chi connectivity index (χ4n) is 2.92. The van der Waals surface area contributed by atoms with E-state index in [-0.39, 0.29) is 18.5 Å². The normalized spacial score (nSPS) is 20.3. The van der Waals surface area contributed by atoms with E-state index in [2.05, 4.69) is 21.2 Å². The molecule has 1 heterocycles. The van der Waals surface area contributed by atoms with Gasteiger partial charge in [0, 0.05) is 4.47 Å². The Hall–Kier alpha value is -2.14. The second-order valence-electron chi connectivity index (χ2n) is 6.27. The third-order valence-electron chi connectivity index (χ3n) is 4.33. The number of halogens is 1. The van der Waals surface area contributed by atoms with Crippen LogP contribution in [0.25, 0.3) is 0 Å². The summed E-state index contributed by atoms with van der Waals surface area (Å²) < 4.78 is 0.930. The molecule has 1 N–H and O–H groups in total. The number of carbonyl (C=O) groups excluding carboxylic acids is 2. The van der Waals surface area contributed by atoms with Crippen molar-refractivity contribution in [2.75, 3.05) is 0 Å². The fraction of sp³-hybridized carbons (Fsp3) is 0.263. The predicted molar refractivity (Wildman–Crippen MR) is 96.4 cm³/mol. The predicted octanol–water partition coefficient (Wildman–Crippen LogP) is 3.89. The monoisotopic (exact) mass is 386 g/mol. The number of rotatable bonds is 5. The zero-order valence-electron chi connectivity index (χ0n) is 13.5. The van der Waals surface area contributed by atoms with Gasteiger partial charge in [-0.3, -0.25) is 9.69 Å². The van der Waals surface area contributed by atoms with Gasteiger partial charge in [0.2, 0.25) is 0 Å². The van der Waals surface area contributed by atoms with Crippen molar-refractivity contribution in [1.29, 1.82) is 0 Å². The lowest BCUT2D eigenvalue weighted by molar-refractivity contribution is -0.131. The van der Waals surface area contributed by atoms with E-state index >= 15 is 0 Å². The van der Waals surface area contributed by atoms with Crippen LogP contribution in [0.2, 0.25) is 0 Å². The van der Waals surface area contributed by atoms with Crippen LogP contribution < -0.4 is 5.32 Å². The third kappa shape index (κ3) is 3.51. The number of nitrogens with one attached hydrogen (secondary N) is 1. The number of urea groups is 1. The number of imide groups is 1. The number of nitrogens with zero attached hydrogens (tertiary/aromatic N) is 1. The highest BCUT2D eigenvalue weighted by Gasteiger charge is 2.47. The second-order valence-corrected chi connectivity index (χ2v) is 7.18. The lowest BCUT2D eigenvalue weighted by Crippen LogP contribution is -2.44. The van der Waals surface area contributed by atoms with E-state index in [0.29, 0.717) is 6.42 Å². The molecule has 5 heteroatoms. The lowest BCUT2D eigenvalue weighted by Gasteiger charge is -2.21. The molecule has 0 radical (unpaired) electrons. The van der Waals surface area contributed by atoms with Gasteiger partial charge in [-0.25, -0.2) is 4.79 Å². The third-order valence-corrected chi connectivity index (χ3v) is 4.82. The number of amides is 3. The maximum atomic E-state index is 12.8. The van der Waals surface area contributed by atoms with Crippen molar-refractivity contribution >= 4 is 27.9 Å². The zero-order chi connectivity index (χ0) is 17.2. The Morgan fingerprint density at radius 1 is 1.04 bits per heavy atom. The van der Waals surface area contributed by atoms with Gasteiger partial charge >= 0.3 is 6.03 Å². The van der Waals surface area contributed by atoms with Gasteiger partial charge in [0.25, 0.3) is 5.91 Å². The Morgan fingerprint density at radius 2 is 1.75 bits per heavy atom.